The molecule has 2 atom stereocenters. The van der Waals surface area contributed by atoms with E-state index < -0.39 is 0 Å². The fourth-order valence-electron chi connectivity index (χ4n) is 4.82. The standard InChI is InChI=1S/C29H32N6O5/c30-29-32-11-20(12-33-29)13-35-14-25-26(15-35)40-22-5-3-18(4-6-22)10-31-27(36)17-39-24-8-21(28(37)34-25)7-23(9-24)38-16-19-1-2-19/h3-9,11-12,19,25-26H,1-2,10,13-17H2,(H,31,36)(H,34,37)(H2,30,32,33)/t25-,26-/m0/s1. The van der Waals surface area contributed by atoms with Crippen molar-refractivity contribution in [3.8, 4) is 17.2 Å². The molecule has 2 amide bonds. The maximum Gasteiger partial charge on any atom is 0.258 e. The van der Waals surface area contributed by atoms with Crippen molar-refractivity contribution in [1.82, 2.24) is 25.5 Å². The summed E-state index contributed by atoms with van der Waals surface area (Å²) in [4.78, 5) is 36.3. The highest BCUT2D eigenvalue weighted by Gasteiger charge is 2.36. The van der Waals surface area contributed by atoms with Crippen LogP contribution in [0.2, 0.25) is 0 Å². The van der Waals surface area contributed by atoms with Gasteiger partial charge in [-0.1, -0.05) is 12.1 Å². The first kappa shape index (κ1) is 25.9. The number of nitrogens with zero attached hydrogens (tertiary/aromatic N) is 3. The first-order valence-corrected chi connectivity index (χ1v) is 13.5. The molecule has 3 aliphatic heterocycles. The summed E-state index contributed by atoms with van der Waals surface area (Å²) in [6, 6.07) is 12.3. The van der Waals surface area contributed by atoms with Gasteiger partial charge in [0, 0.05) is 55.8 Å². The van der Waals surface area contributed by atoms with Crippen LogP contribution in [0, 0.1) is 5.92 Å². The third-order valence-corrected chi connectivity index (χ3v) is 7.19. The zero-order valence-corrected chi connectivity index (χ0v) is 22.0. The Labute approximate surface area is 232 Å². The molecule has 11 heteroatoms. The molecule has 0 spiro atoms. The molecule has 4 aliphatic rings. The Balaban J connectivity index is 1.26. The van der Waals surface area contributed by atoms with Crippen molar-refractivity contribution in [3.63, 3.8) is 0 Å². The molecule has 1 saturated carbocycles. The van der Waals surface area contributed by atoms with Crippen LogP contribution in [0.1, 0.15) is 34.3 Å². The summed E-state index contributed by atoms with van der Waals surface area (Å²) in [7, 11) is 0. The zero-order chi connectivity index (χ0) is 27.5. The third kappa shape index (κ3) is 6.60. The first-order valence-electron chi connectivity index (χ1n) is 13.5. The molecule has 2 fully saturated rings. The average molecular weight is 545 g/mol. The summed E-state index contributed by atoms with van der Waals surface area (Å²) in [6.45, 7) is 2.52. The fraction of sp³-hybridized carbons (Fsp3) is 0.379. The van der Waals surface area contributed by atoms with E-state index in [4.69, 9.17) is 19.9 Å². The van der Waals surface area contributed by atoms with E-state index in [2.05, 4.69) is 25.5 Å². The summed E-state index contributed by atoms with van der Waals surface area (Å²) in [5.74, 6) is 1.85. The minimum absolute atomic E-state index is 0.178. The maximum atomic E-state index is 13.5. The molecular formula is C29H32N6O5. The van der Waals surface area contributed by atoms with Crippen LogP contribution in [-0.2, 0) is 17.9 Å². The van der Waals surface area contributed by atoms with Crippen LogP contribution in [0.15, 0.2) is 54.9 Å². The predicted octanol–water partition coefficient (Wildman–Crippen LogP) is 1.92. The monoisotopic (exact) mass is 544 g/mol. The molecule has 4 bridgehead atoms. The highest BCUT2D eigenvalue weighted by Crippen LogP contribution is 2.31. The minimum atomic E-state index is -0.301. The number of nitrogens with two attached hydrogens (primary N) is 1. The number of aromatic nitrogens is 2. The van der Waals surface area contributed by atoms with E-state index in [0.29, 0.717) is 61.5 Å². The number of ether oxygens (including phenoxy) is 3. The smallest absolute Gasteiger partial charge is 0.258 e. The van der Waals surface area contributed by atoms with Crippen LogP contribution >= 0.6 is 0 Å². The molecule has 4 heterocycles. The molecule has 0 unspecified atom stereocenters. The lowest BCUT2D eigenvalue weighted by molar-refractivity contribution is -0.123. The number of nitrogen functional groups attached to an aromatic ring is 1. The van der Waals surface area contributed by atoms with Crippen molar-refractivity contribution in [3.05, 3.63) is 71.5 Å². The summed E-state index contributed by atoms with van der Waals surface area (Å²) < 4.78 is 18.1. The van der Waals surface area contributed by atoms with Crippen molar-refractivity contribution in [1.29, 1.82) is 0 Å². The van der Waals surface area contributed by atoms with E-state index in [9.17, 15) is 9.59 Å². The Bertz CT molecular complexity index is 1360. The molecule has 0 radical (unpaired) electrons. The second-order valence-electron chi connectivity index (χ2n) is 10.5. The van der Waals surface area contributed by atoms with Gasteiger partial charge in [0.15, 0.2) is 6.61 Å². The molecule has 208 valence electrons. The molecule has 4 N–H and O–H groups in total. The minimum Gasteiger partial charge on any atom is -0.493 e. The molecule has 1 aromatic heterocycles. The third-order valence-electron chi connectivity index (χ3n) is 7.19. The van der Waals surface area contributed by atoms with Crippen molar-refractivity contribution in [2.24, 2.45) is 5.92 Å². The summed E-state index contributed by atoms with van der Waals surface area (Å²) in [6.07, 6.45) is 5.41. The van der Waals surface area contributed by atoms with E-state index in [0.717, 1.165) is 24.0 Å². The van der Waals surface area contributed by atoms with Crippen LogP contribution in [0.4, 0.5) is 5.95 Å². The van der Waals surface area contributed by atoms with Gasteiger partial charge in [0.05, 0.1) is 12.6 Å². The molecule has 7 rings (SSSR count). The highest BCUT2D eigenvalue weighted by molar-refractivity contribution is 5.95. The Morgan fingerprint density at radius 3 is 2.60 bits per heavy atom. The first-order chi connectivity index (χ1) is 19.5. The molecule has 3 aromatic rings. The molecule has 1 aliphatic carbocycles. The van der Waals surface area contributed by atoms with Crippen molar-refractivity contribution >= 4 is 17.8 Å². The van der Waals surface area contributed by atoms with Gasteiger partial charge >= 0.3 is 0 Å². The van der Waals surface area contributed by atoms with Crippen molar-refractivity contribution in [2.45, 2.75) is 38.1 Å². The van der Waals surface area contributed by atoms with E-state index in [1.165, 1.54) is 0 Å². The van der Waals surface area contributed by atoms with Crippen LogP contribution in [0.3, 0.4) is 0 Å². The van der Waals surface area contributed by atoms with Gasteiger partial charge in [0.1, 0.15) is 23.4 Å². The Morgan fingerprint density at radius 2 is 1.82 bits per heavy atom. The average Bonchev–Trinajstić information content (AvgIpc) is 3.72. The lowest BCUT2D eigenvalue weighted by Crippen LogP contribution is -2.45. The normalized spacial score (nSPS) is 21.4. The summed E-state index contributed by atoms with van der Waals surface area (Å²) >= 11 is 0. The predicted molar refractivity (Wildman–Crippen MR) is 146 cm³/mol. The van der Waals surface area contributed by atoms with Gasteiger partial charge in [-0.05, 0) is 48.6 Å². The maximum absolute atomic E-state index is 13.5. The van der Waals surface area contributed by atoms with Crippen LogP contribution in [0.25, 0.3) is 0 Å². The number of nitrogens with one attached hydrogen (secondary N) is 2. The summed E-state index contributed by atoms with van der Waals surface area (Å²) in [5.41, 5.74) is 7.88. The largest absolute Gasteiger partial charge is 0.493 e. The molecular weight excluding hydrogens is 512 g/mol. The number of carbonyl (C=O) groups excluding carboxylic acids is 2. The number of amides is 2. The van der Waals surface area contributed by atoms with Crippen LogP contribution in [0.5, 0.6) is 17.2 Å². The molecule has 1 saturated heterocycles. The van der Waals surface area contributed by atoms with Crippen molar-refractivity contribution < 1.29 is 23.8 Å². The molecule has 11 nitrogen and oxygen atoms in total. The quantitative estimate of drug-likeness (QED) is 0.439. The van der Waals surface area contributed by atoms with E-state index in [1.54, 1.807) is 30.6 Å². The Kier molecular flexibility index (Phi) is 7.37. The van der Waals surface area contributed by atoms with Gasteiger partial charge in [-0.15, -0.1) is 0 Å². The van der Waals surface area contributed by atoms with E-state index in [-0.39, 0.29) is 36.5 Å². The number of likely N-dealkylation sites (tertiary alicyclic amines) is 1. The number of hydrogen-bond acceptors (Lipinski definition) is 9. The summed E-state index contributed by atoms with van der Waals surface area (Å²) in [5, 5.41) is 6.03. The van der Waals surface area contributed by atoms with Crippen LogP contribution in [-0.4, -0.2) is 65.1 Å². The van der Waals surface area contributed by atoms with Gasteiger partial charge in [-0.3, -0.25) is 14.5 Å². The number of hydrogen-bond donors (Lipinski definition) is 3. The second-order valence-corrected chi connectivity index (χ2v) is 10.5. The fourth-order valence-corrected chi connectivity index (χ4v) is 4.82. The second kappa shape index (κ2) is 11.4. The number of anilines is 1. The number of benzene rings is 2. The topological polar surface area (TPSA) is 141 Å². The SMILES string of the molecule is Nc1ncc(CN2C[C@@H]3NC(=O)c4cc(cc(OCC5CC5)c4)OCC(=O)NCc4ccc(cc4)O[C@H]3C2)cn1. The number of carbonyl (C=O) groups is 2. The van der Waals surface area contributed by atoms with E-state index in [1.807, 2.05) is 24.3 Å². The lowest BCUT2D eigenvalue weighted by atomic mass is 10.1. The molecule has 2 aromatic carbocycles. The number of fused-ring (bicyclic) bond motifs is 7. The van der Waals surface area contributed by atoms with Gasteiger partial charge in [-0.25, -0.2) is 9.97 Å². The Hall–Kier alpha value is -4.38. The van der Waals surface area contributed by atoms with E-state index >= 15 is 0 Å². The van der Waals surface area contributed by atoms with Gasteiger partial charge < -0.3 is 30.6 Å². The highest BCUT2D eigenvalue weighted by atomic mass is 16.5. The van der Waals surface area contributed by atoms with Gasteiger partial charge in [0.25, 0.3) is 11.8 Å². The lowest BCUT2D eigenvalue weighted by Gasteiger charge is -2.22. The van der Waals surface area contributed by atoms with Crippen LogP contribution < -0.4 is 30.6 Å². The van der Waals surface area contributed by atoms with Crippen molar-refractivity contribution in [2.75, 3.05) is 32.0 Å². The Morgan fingerprint density at radius 1 is 1.02 bits per heavy atom. The number of rotatable bonds is 5. The molecule has 40 heavy (non-hydrogen) atoms. The van der Waals surface area contributed by atoms with Gasteiger partial charge in [-0.2, -0.15) is 0 Å². The van der Waals surface area contributed by atoms with Gasteiger partial charge in [0.2, 0.25) is 5.95 Å². The zero-order valence-electron chi connectivity index (χ0n) is 22.0.